The van der Waals surface area contributed by atoms with Gasteiger partial charge in [0.1, 0.15) is 6.29 Å². The highest BCUT2D eigenvalue weighted by Gasteiger charge is 2.23. The molecule has 0 aromatic carbocycles. The molecule has 0 saturated carbocycles. The molecular weight excluding hydrogens is 270 g/mol. The Kier molecular flexibility index (Phi) is 4.77. The van der Waals surface area contributed by atoms with Crippen LogP contribution in [0.1, 0.15) is 39.3 Å². The third kappa shape index (κ3) is 4.39. The quantitative estimate of drug-likeness (QED) is 0.857. The van der Waals surface area contributed by atoms with Crippen molar-refractivity contribution in [1.29, 1.82) is 0 Å². The Balaban J connectivity index is 1.87. The summed E-state index contributed by atoms with van der Waals surface area (Å²) in [5.74, 6) is 0.274. The van der Waals surface area contributed by atoms with E-state index in [1.807, 2.05) is 25.7 Å². The van der Waals surface area contributed by atoms with Gasteiger partial charge in [0, 0.05) is 23.9 Å². The highest BCUT2D eigenvalue weighted by molar-refractivity contribution is 5.91. The SMILES string of the molecule is CC(C)(C)c1cc(NC(=O)CN2CCCC(C=O)C2)on1. The van der Waals surface area contributed by atoms with Crippen LogP contribution in [0.5, 0.6) is 0 Å². The molecule has 1 amide bonds. The predicted octanol–water partition coefficient (Wildman–Crippen LogP) is 1.82. The molecule has 6 heteroatoms. The van der Waals surface area contributed by atoms with Crippen LogP contribution in [-0.4, -0.2) is 41.9 Å². The van der Waals surface area contributed by atoms with Crippen molar-refractivity contribution in [1.82, 2.24) is 10.1 Å². The Morgan fingerprint density at radius 1 is 1.57 bits per heavy atom. The molecule has 1 aromatic rings. The maximum atomic E-state index is 12.0. The molecule has 0 bridgehead atoms. The lowest BCUT2D eigenvalue weighted by Crippen LogP contribution is -2.40. The van der Waals surface area contributed by atoms with E-state index in [0.29, 0.717) is 12.4 Å². The molecule has 1 unspecified atom stereocenters. The van der Waals surface area contributed by atoms with Crippen molar-refractivity contribution in [3.8, 4) is 0 Å². The molecule has 1 aliphatic heterocycles. The van der Waals surface area contributed by atoms with Crippen molar-refractivity contribution >= 4 is 18.1 Å². The van der Waals surface area contributed by atoms with Crippen LogP contribution in [0, 0.1) is 5.92 Å². The summed E-state index contributed by atoms with van der Waals surface area (Å²) in [6, 6.07) is 1.75. The lowest BCUT2D eigenvalue weighted by molar-refractivity contribution is -0.119. The minimum atomic E-state index is -0.141. The molecule has 0 spiro atoms. The zero-order valence-corrected chi connectivity index (χ0v) is 12.9. The van der Waals surface area contributed by atoms with Crippen LogP contribution in [0.4, 0.5) is 5.88 Å². The summed E-state index contributed by atoms with van der Waals surface area (Å²) in [6.07, 6.45) is 2.85. The van der Waals surface area contributed by atoms with E-state index in [1.165, 1.54) is 0 Å². The van der Waals surface area contributed by atoms with Gasteiger partial charge < -0.3 is 9.32 Å². The van der Waals surface area contributed by atoms with Crippen molar-refractivity contribution < 1.29 is 14.1 Å². The number of hydrogen-bond donors (Lipinski definition) is 1. The number of rotatable bonds is 4. The molecule has 2 rings (SSSR count). The third-order valence-corrected chi connectivity index (χ3v) is 3.64. The molecule has 1 aromatic heterocycles. The lowest BCUT2D eigenvalue weighted by atomic mass is 9.92. The number of nitrogens with zero attached hydrogens (tertiary/aromatic N) is 2. The molecule has 1 aliphatic rings. The molecule has 1 fully saturated rings. The fraction of sp³-hybridized carbons (Fsp3) is 0.667. The minimum absolute atomic E-state index is 0.0457. The molecular formula is C15H23N3O3. The highest BCUT2D eigenvalue weighted by atomic mass is 16.5. The number of piperidine rings is 1. The number of aldehydes is 1. The van der Waals surface area contributed by atoms with E-state index in [9.17, 15) is 9.59 Å². The van der Waals surface area contributed by atoms with Gasteiger partial charge in [0.05, 0.1) is 12.2 Å². The molecule has 116 valence electrons. The number of hydrogen-bond acceptors (Lipinski definition) is 5. The number of carbonyl (C=O) groups excluding carboxylic acids is 2. The number of anilines is 1. The zero-order chi connectivity index (χ0) is 15.5. The van der Waals surface area contributed by atoms with E-state index >= 15 is 0 Å². The van der Waals surface area contributed by atoms with Gasteiger partial charge in [0.25, 0.3) is 0 Å². The molecule has 0 radical (unpaired) electrons. The summed E-state index contributed by atoms with van der Waals surface area (Å²) in [5.41, 5.74) is 0.688. The average molecular weight is 293 g/mol. The summed E-state index contributed by atoms with van der Waals surface area (Å²) in [7, 11) is 0. The smallest absolute Gasteiger partial charge is 0.240 e. The molecule has 1 N–H and O–H groups in total. The van der Waals surface area contributed by atoms with Crippen molar-refractivity contribution in [2.75, 3.05) is 25.0 Å². The van der Waals surface area contributed by atoms with Gasteiger partial charge in [-0.25, -0.2) is 0 Å². The topological polar surface area (TPSA) is 75.4 Å². The molecule has 6 nitrogen and oxygen atoms in total. The largest absolute Gasteiger partial charge is 0.338 e. The summed E-state index contributed by atoms with van der Waals surface area (Å²) >= 11 is 0. The van der Waals surface area contributed by atoms with Crippen molar-refractivity contribution in [2.45, 2.75) is 39.0 Å². The normalized spacial score (nSPS) is 20.2. The Morgan fingerprint density at radius 3 is 2.95 bits per heavy atom. The van der Waals surface area contributed by atoms with Gasteiger partial charge in [-0.2, -0.15) is 0 Å². The van der Waals surface area contributed by atoms with Crippen LogP contribution >= 0.6 is 0 Å². The van der Waals surface area contributed by atoms with Crippen LogP contribution < -0.4 is 5.32 Å². The predicted molar refractivity (Wildman–Crippen MR) is 79.1 cm³/mol. The number of likely N-dealkylation sites (tertiary alicyclic amines) is 1. The van der Waals surface area contributed by atoms with Gasteiger partial charge in [-0.05, 0) is 19.4 Å². The lowest BCUT2D eigenvalue weighted by Gasteiger charge is -2.29. The van der Waals surface area contributed by atoms with Crippen molar-refractivity contribution in [3.63, 3.8) is 0 Å². The first-order chi connectivity index (χ1) is 9.88. The van der Waals surface area contributed by atoms with E-state index in [4.69, 9.17) is 4.52 Å². The van der Waals surface area contributed by atoms with E-state index in [2.05, 4.69) is 10.5 Å². The summed E-state index contributed by atoms with van der Waals surface area (Å²) in [5, 5.41) is 6.68. The molecule has 1 atom stereocenters. The molecule has 0 aliphatic carbocycles. The van der Waals surface area contributed by atoms with Gasteiger partial charge in [0.15, 0.2) is 0 Å². The van der Waals surface area contributed by atoms with E-state index in [0.717, 1.165) is 31.4 Å². The Labute approximate surface area is 124 Å². The Morgan fingerprint density at radius 2 is 2.33 bits per heavy atom. The van der Waals surface area contributed by atoms with E-state index < -0.39 is 0 Å². The zero-order valence-electron chi connectivity index (χ0n) is 12.9. The number of nitrogens with one attached hydrogen (secondary N) is 1. The third-order valence-electron chi connectivity index (χ3n) is 3.64. The number of amides is 1. The van der Waals surface area contributed by atoms with Gasteiger partial charge in [-0.15, -0.1) is 0 Å². The fourth-order valence-electron chi connectivity index (χ4n) is 2.41. The number of carbonyl (C=O) groups is 2. The van der Waals surface area contributed by atoms with Gasteiger partial charge in [-0.1, -0.05) is 25.9 Å². The standard InChI is InChI=1S/C15H23N3O3/c1-15(2,3)12-7-14(21-17-12)16-13(20)9-18-6-4-5-11(8-18)10-19/h7,10-11H,4-6,8-9H2,1-3H3,(H,16,20). The van der Waals surface area contributed by atoms with E-state index in [-0.39, 0.29) is 23.8 Å². The summed E-state index contributed by atoms with van der Waals surface area (Å²) < 4.78 is 5.14. The van der Waals surface area contributed by atoms with Gasteiger partial charge in [-0.3, -0.25) is 15.0 Å². The second-order valence-electron chi connectivity index (χ2n) is 6.65. The maximum Gasteiger partial charge on any atom is 0.240 e. The molecule has 2 heterocycles. The van der Waals surface area contributed by atoms with Crippen molar-refractivity contribution in [2.24, 2.45) is 5.92 Å². The highest BCUT2D eigenvalue weighted by Crippen LogP contribution is 2.23. The maximum absolute atomic E-state index is 12.0. The Hall–Kier alpha value is -1.69. The minimum Gasteiger partial charge on any atom is -0.338 e. The number of aromatic nitrogens is 1. The average Bonchev–Trinajstić information content (AvgIpc) is 2.87. The van der Waals surface area contributed by atoms with Gasteiger partial charge >= 0.3 is 0 Å². The van der Waals surface area contributed by atoms with Crippen LogP contribution in [-0.2, 0) is 15.0 Å². The Bertz CT molecular complexity index is 505. The first kappa shape index (κ1) is 15.7. The summed E-state index contributed by atoms with van der Waals surface area (Å²) in [4.78, 5) is 24.8. The second kappa shape index (κ2) is 6.39. The van der Waals surface area contributed by atoms with Crippen LogP contribution in [0.2, 0.25) is 0 Å². The van der Waals surface area contributed by atoms with Crippen LogP contribution in [0.15, 0.2) is 10.6 Å². The van der Waals surface area contributed by atoms with Crippen LogP contribution in [0.3, 0.4) is 0 Å². The first-order valence-electron chi connectivity index (χ1n) is 7.33. The molecule has 1 saturated heterocycles. The molecule has 21 heavy (non-hydrogen) atoms. The fourth-order valence-corrected chi connectivity index (χ4v) is 2.41. The first-order valence-corrected chi connectivity index (χ1v) is 7.33. The van der Waals surface area contributed by atoms with Gasteiger partial charge in [0.2, 0.25) is 11.8 Å². The monoisotopic (exact) mass is 293 g/mol. The van der Waals surface area contributed by atoms with E-state index in [1.54, 1.807) is 6.07 Å². The van der Waals surface area contributed by atoms with Crippen LogP contribution in [0.25, 0.3) is 0 Å². The van der Waals surface area contributed by atoms with Crippen molar-refractivity contribution in [3.05, 3.63) is 11.8 Å². The summed E-state index contributed by atoms with van der Waals surface area (Å²) in [6.45, 7) is 7.87. The second-order valence-corrected chi connectivity index (χ2v) is 6.65.